The number of thiophene rings is 1. The first kappa shape index (κ1) is 30.3. The fraction of sp³-hybridized carbons (Fsp3) is 0.250. The fourth-order valence-electron chi connectivity index (χ4n) is 4.24. The highest BCUT2D eigenvalue weighted by molar-refractivity contribution is 7.20. The molecule has 0 saturated carbocycles. The number of nitrogens with one attached hydrogen (secondary N) is 3. The summed E-state index contributed by atoms with van der Waals surface area (Å²) in [5.41, 5.74) is 2.27. The summed E-state index contributed by atoms with van der Waals surface area (Å²) in [6.45, 7) is 0.784. The highest BCUT2D eigenvalue weighted by atomic mass is 32.1. The lowest BCUT2D eigenvalue weighted by atomic mass is 10.1. The molecule has 0 bridgehead atoms. The third kappa shape index (κ3) is 8.90. The van der Waals surface area contributed by atoms with Crippen LogP contribution in [0.15, 0.2) is 84.9 Å². The molecule has 10 heteroatoms. The summed E-state index contributed by atoms with van der Waals surface area (Å²) < 4.78 is 10.9. The summed E-state index contributed by atoms with van der Waals surface area (Å²) in [4.78, 5) is 50.5. The van der Waals surface area contributed by atoms with Crippen molar-refractivity contribution < 1.29 is 28.7 Å². The van der Waals surface area contributed by atoms with Crippen LogP contribution >= 0.6 is 11.3 Å². The van der Waals surface area contributed by atoms with Crippen molar-refractivity contribution in [3.8, 4) is 0 Å². The molecule has 1 atom stereocenters. The molecule has 0 spiro atoms. The van der Waals surface area contributed by atoms with Crippen molar-refractivity contribution in [1.82, 2.24) is 16.0 Å². The fourth-order valence-corrected chi connectivity index (χ4v) is 5.21. The van der Waals surface area contributed by atoms with E-state index in [1.165, 1.54) is 18.4 Å². The Hall–Kier alpha value is -4.70. The van der Waals surface area contributed by atoms with E-state index >= 15 is 0 Å². The second kappa shape index (κ2) is 15.3. The van der Waals surface area contributed by atoms with E-state index in [1.807, 2.05) is 72.8 Å². The average molecular weight is 588 g/mol. The van der Waals surface area contributed by atoms with E-state index in [1.54, 1.807) is 12.1 Å². The summed E-state index contributed by atoms with van der Waals surface area (Å²) in [5.74, 6) is -1.06. The van der Waals surface area contributed by atoms with Crippen LogP contribution in [-0.2, 0) is 27.3 Å². The third-order valence-electron chi connectivity index (χ3n) is 6.51. The lowest BCUT2D eigenvalue weighted by molar-refractivity contribution is -0.123. The van der Waals surface area contributed by atoms with Crippen molar-refractivity contribution >= 4 is 45.3 Å². The van der Waals surface area contributed by atoms with Gasteiger partial charge in [-0.3, -0.25) is 9.59 Å². The van der Waals surface area contributed by atoms with Gasteiger partial charge in [0.15, 0.2) is 0 Å². The van der Waals surface area contributed by atoms with Gasteiger partial charge in [-0.15, -0.1) is 11.3 Å². The van der Waals surface area contributed by atoms with Gasteiger partial charge in [0.2, 0.25) is 5.91 Å². The van der Waals surface area contributed by atoms with E-state index in [9.17, 15) is 19.2 Å². The SMILES string of the molecule is COC(=O)c1ccc(CCNC(=O)[C@H](CCCNC(=O)OCc2ccccc2)NC(=O)c2cc3ccccc3s2)cc1. The predicted molar refractivity (Wildman–Crippen MR) is 161 cm³/mol. The first-order valence-electron chi connectivity index (χ1n) is 13.6. The van der Waals surface area contributed by atoms with Crippen LogP contribution in [-0.4, -0.2) is 50.1 Å². The number of carbonyl (C=O) groups excluding carboxylic acids is 4. The van der Waals surface area contributed by atoms with Crippen molar-refractivity contribution in [2.75, 3.05) is 20.2 Å². The van der Waals surface area contributed by atoms with Crippen molar-refractivity contribution in [1.29, 1.82) is 0 Å². The molecule has 218 valence electrons. The van der Waals surface area contributed by atoms with Gasteiger partial charge in [-0.1, -0.05) is 60.7 Å². The minimum absolute atomic E-state index is 0.161. The zero-order chi connectivity index (χ0) is 29.7. The largest absolute Gasteiger partial charge is 0.465 e. The number of rotatable bonds is 13. The Morgan fingerprint density at radius 2 is 1.57 bits per heavy atom. The summed E-state index contributed by atoms with van der Waals surface area (Å²) in [6.07, 6.45) is 0.751. The van der Waals surface area contributed by atoms with E-state index in [2.05, 4.69) is 16.0 Å². The molecule has 0 fully saturated rings. The van der Waals surface area contributed by atoms with Crippen LogP contribution in [0.25, 0.3) is 10.1 Å². The highest BCUT2D eigenvalue weighted by Gasteiger charge is 2.22. The van der Waals surface area contributed by atoms with Crippen molar-refractivity contribution in [3.05, 3.63) is 106 Å². The molecule has 1 aromatic heterocycles. The Morgan fingerprint density at radius 1 is 0.833 bits per heavy atom. The number of esters is 1. The molecular weight excluding hydrogens is 554 g/mol. The van der Waals surface area contributed by atoms with E-state index < -0.39 is 18.1 Å². The number of fused-ring (bicyclic) bond motifs is 1. The van der Waals surface area contributed by atoms with Gasteiger partial charge in [-0.2, -0.15) is 0 Å². The van der Waals surface area contributed by atoms with E-state index in [-0.39, 0.29) is 25.0 Å². The van der Waals surface area contributed by atoms with Gasteiger partial charge in [0.05, 0.1) is 17.6 Å². The van der Waals surface area contributed by atoms with E-state index in [0.29, 0.717) is 36.2 Å². The number of alkyl carbamates (subject to hydrolysis) is 1. The zero-order valence-electron chi connectivity index (χ0n) is 23.3. The van der Waals surface area contributed by atoms with Crippen molar-refractivity contribution in [3.63, 3.8) is 0 Å². The molecule has 0 saturated heterocycles. The topological polar surface area (TPSA) is 123 Å². The zero-order valence-corrected chi connectivity index (χ0v) is 24.1. The second-order valence-electron chi connectivity index (χ2n) is 9.53. The second-order valence-corrected chi connectivity index (χ2v) is 10.6. The Labute approximate surface area is 248 Å². The maximum Gasteiger partial charge on any atom is 0.407 e. The maximum atomic E-state index is 13.1. The summed E-state index contributed by atoms with van der Waals surface area (Å²) >= 11 is 1.36. The molecule has 0 aliphatic heterocycles. The molecule has 42 heavy (non-hydrogen) atoms. The lowest BCUT2D eigenvalue weighted by Crippen LogP contribution is -2.47. The van der Waals surface area contributed by atoms with Crippen LogP contribution < -0.4 is 16.0 Å². The number of benzene rings is 3. The number of amides is 3. The molecule has 0 aliphatic rings. The van der Waals surface area contributed by atoms with Crippen LogP contribution in [0.4, 0.5) is 4.79 Å². The van der Waals surface area contributed by atoms with Gasteiger partial charge in [0.1, 0.15) is 12.6 Å². The molecule has 0 aliphatic carbocycles. The third-order valence-corrected chi connectivity index (χ3v) is 7.63. The van der Waals surface area contributed by atoms with Crippen molar-refractivity contribution in [2.24, 2.45) is 0 Å². The number of methoxy groups -OCH3 is 1. The van der Waals surface area contributed by atoms with Crippen LogP contribution in [0.2, 0.25) is 0 Å². The van der Waals surface area contributed by atoms with E-state index in [0.717, 1.165) is 21.2 Å². The highest BCUT2D eigenvalue weighted by Crippen LogP contribution is 2.25. The average Bonchev–Trinajstić information content (AvgIpc) is 3.46. The van der Waals surface area contributed by atoms with Gasteiger partial charge in [0, 0.05) is 17.8 Å². The molecule has 1 heterocycles. The number of carbonyl (C=O) groups is 4. The summed E-state index contributed by atoms with van der Waals surface area (Å²) in [7, 11) is 1.33. The van der Waals surface area contributed by atoms with Crippen LogP contribution in [0.5, 0.6) is 0 Å². The molecule has 3 amide bonds. The number of ether oxygens (including phenoxy) is 2. The summed E-state index contributed by atoms with van der Waals surface area (Å²) in [5, 5.41) is 9.42. The Balaban J connectivity index is 1.30. The molecule has 0 radical (unpaired) electrons. The lowest BCUT2D eigenvalue weighted by Gasteiger charge is -2.18. The van der Waals surface area contributed by atoms with Gasteiger partial charge in [-0.25, -0.2) is 9.59 Å². The molecule has 4 aromatic rings. The summed E-state index contributed by atoms with van der Waals surface area (Å²) in [6, 6.07) is 25.1. The standard InChI is InChI=1S/C32H33N3O6S/c1-40-31(38)24-15-13-22(14-16-24)17-19-33-29(36)26(35-30(37)28-20-25-10-5-6-12-27(25)42-28)11-7-18-34-32(39)41-21-23-8-3-2-4-9-23/h2-6,8-10,12-16,20,26H,7,11,17-19,21H2,1H3,(H,33,36)(H,34,39)(H,35,37)/t26-/m0/s1. The Morgan fingerprint density at radius 3 is 2.31 bits per heavy atom. The van der Waals surface area contributed by atoms with Crippen LogP contribution in [0.1, 0.15) is 44.0 Å². The molecule has 4 rings (SSSR count). The van der Waals surface area contributed by atoms with E-state index in [4.69, 9.17) is 9.47 Å². The first-order valence-corrected chi connectivity index (χ1v) is 14.4. The number of hydrogen-bond acceptors (Lipinski definition) is 7. The smallest absolute Gasteiger partial charge is 0.407 e. The van der Waals surface area contributed by atoms with Gasteiger partial charge in [-0.05, 0) is 60.0 Å². The Bertz CT molecular complexity index is 1470. The first-order chi connectivity index (χ1) is 20.4. The monoisotopic (exact) mass is 587 g/mol. The minimum atomic E-state index is -0.799. The van der Waals surface area contributed by atoms with Crippen LogP contribution in [0.3, 0.4) is 0 Å². The quantitative estimate of drug-likeness (QED) is 0.152. The molecule has 3 N–H and O–H groups in total. The van der Waals surface area contributed by atoms with Crippen LogP contribution in [0, 0.1) is 0 Å². The molecule has 3 aromatic carbocycles. The van der Waals surface area contributed by atoms with Gasteiger partial charge >= 0.3 is 12.1 Å². The Kier molecular flexibility index (Phi) is 11.1. The molecule has 9 nitrogen and oxygen atoms in total. The van der Waals surface area contributed by atoms with Gasteiger partial charge < -0.3 is 25.4 Å². The molecular formula is C32H33N3O6S. The molecule has 0 unspecified atom stereocenters. The van der Waals surface area contributed by atoms with Gasteiger partial charge in [0.25, 0.3) is 5.91 Å². The maximum absolute atomic E-state index is 13.1. The minimum Gasteiger partial charge on any atom is -0.465 e. The van der Waals surface area contributed by atoms with Crippen molar-refractivity contribution in [2.45, 2.75) is 31.9 Å². The predicted octanol–water partition coefficient (Wildman–Crippen LogP) is 4.85. The number of hydrogen-bond donors (Lipinski definition) is 3. The normalized spacial score (nSPS) is 11.4.